The molecule has 1 aromatic rings. The molecule has 1 heterocycles. The van der Waals surface area contributed by atoms with Crippen molar-refractivity contribution in [2.24, 2.45) is 0 Å². The molecule has 148 valence electrons. The molecule has 27 heavy (non-hydrogen) atoms. The van der Waals surface area contributed by atoms with Crippen molar-refractivity contribution in [2.45, 2.75) is 13.8 Å². The minimum absolute atomic E-state index is 0.0236. The van der Waals surface area contributed by atoms with Crippen LogP contribution in [0.2, 0.25) is 0 Å². The fourth-order valence-corrected chi connectivity index (χ4v) is 3.10. The second-order valence-corrected chi connectivity index (χ2v) is 6.84. The van der Waals surface area contributed by atoms with E-state index in [1.54, 1.807) is 12.1 Å². The molecule has 8 nitrogen and oxygen atoms in total. The van der Waals surface area contributed by atoms with Crippen molar-refractivity contribution >= 4 is 40.1 Å². The lowest BCUT2D eigenvalue weighted by Gasteiger charge is -2.18. The van der Waals surface area contributed by atoms with Crippen LogP contribution in [0.1, 0.15) is 24.2 Å². The summed E-state index contributed by atoms with van der Waals surface area (Å²) >= 11 is 2.06. The zero-order valence-corrected chi connectivity index (χ0v) is 17.8. The molecular formula is C18H24IN3O5. The summed E-state index contributed by atoms with van der Waals surface area (Å²) in [5.74, 6) is -0.166. The zero-order valence-electron chi connectivity index (χ0n) is 15.6. The van der Waals surface area contributed by atoms with Gasteiger partial charge in [-0.3, -0.25) is 9.59 Å². The third kappa shape index (κ3) is 5.73. The first kappa shape index (κ1) is 21.3. The summed E-state index contributed by atoms with van der Waals surface area (Å²) in [7, 11) is 1.48. The van der Waals surface area contributed by atoms with Gasteiger partial charge in [-0.15, -0.1) is 0 Å². The summed E-state index contributed by atoms with van der Waals surface area (Å²) in [6.07, 6.45) is 1.26. The number of amides is 2. The number of carbonyl (C=O) groups is 2. The van der Waals surface area contributed by atoms with E-state index in [1.165, 1.54) is 13.4 Å². The molecule has 0 aliphatic carbocycles. The van der Waals surface area contributed by atoms with Crippen LogP contribution in [0, 0.1) is 3.57 Å². The summed E-state index contributed by atoms with van der Waals surface area (Å²) in [5, 5.41) is 5.64. The van der Waals surface area contributed by atoms with Gasteiger partial charge in [0.1, 0.15) is 12.0 Å². The molecule has 0 unspecified atom stereocenters. The SMILES string of the molecule is CCN(CC)CCNC(=O)c1cc(I)c(NC(=O)C2=COCO2)cc1OC. The van der Waals surface area contributed by atoms with Crippen LogP contribution in [0.15, 0.2) is 24.2 Å². The van der Waals surface area contributed by atoms with Crippen molar-refractivity contribution in [3.8, 4) is 5.75 Å². The van der Waals surface area contributed by atoms with Gasteiger partial charge in [-0.25, -0.2) is 0 Å². The topological polar surface area (TPSA) is 89.1 Å². The van der Waals surface area contributed by atoms with Crippen LogP contribution in [-0.4, -0.2) is 56.8 Å². The first-order valence-corrected chi connectivity index (χ1v) is 9.72. The number of carbonyl (C=O) groups excluding carboxylic acids is 2. The van der Waals surface area contributed by atoms with Crippen LogP contribution in [-0.2, 0) is 14.3 Å². The number of benzene rings is 1. The van der Waals surface area contributed by atoms with Crippen molar-refractivity contribution < 1.29 is 23.8 Å². The van der Waals surface area contributed by atoms with Crippen molar-refractivity contribution in [3.63, 3.8) is 0 Å². The third-order valence-electron chi connectivity index (χ3n) is 4.09. The Morgan fingerprint density at radius 3 is 2.59 bits per heavy atom. The van der Waals surface area contributed by atoms with Crippen molar-refractivity contribution in [2.75, 3.05) is 45.4 Å². The Morgan fingerprint density at radius 2 is 2.00 bits per heavy atom. The number of nitrogens with one attached hydrogen (secondary N) is 2. The molecule has 1 aliphatic heterocycles. The molecule has 9 heteroatoms. The molecule has 2 amide bonds. The molecule has 2 rings (SSSR count). The van der Waals surface area contributed by atoms with Gasteiger partial charge in [0.15, 0.2) is 0 Å². The standard InChI is InChI=1S/C18H24IN3O5/c1-4-22(5-2)7-6-20-17(23)12-8-13(19)14(9-15(12)25-3)21-18(24)16-10-26-11-27-16/h8-10H,4-7,11H2,1-3H3,(H,20,23)(H,21,24). The second-order valence-electron chi connectivity index (χ2n) is 5.68. The van der Waals surface area contributed by atoms with Crippen molar-refractivity contribution in [1.82, 2.24) is 10.2 Å². The maximum Gasteiger partial charge on any atom is 0.294 e. The van der Waals surface area contributed by atoms with Crippen LogP contribution >= 0.6 is 22.6 Å². The molecule has 0 saturated carbocycles. The Labute approximate surface area is 172 Å². The van der Waals surface area contributed by atoms with Gasteiger partial charge in [0.05, 0.1) is 18.4 Å². The lowest BCUT2D eigenvalue weighted by atomic mass is 10.1. The van der Waals surface area contributed by atoms with E-state index in [2.05, 4.69) is 52.0 Å². The lowest BCUT2D eigenvalue weighted by molar-refractivity contribution is -0.116. The van der Waals surface area contributed by atoms with Gasteiger partial charge in [0.25, 0.3) is 11.8 Å². The first-order valence-electron chi connectivity index (χ1n) is 8.64. The van der Waals surface area contributed by atoms with Crippen LogP contribution in [0.5, 0.6) is 5.75 Å². The number of hydrogen-bond acceptors (Lipinski definition) is 6. The molecule has 0 atom stereocenters. The highest BCUT2D eigenvalue weighted by Crippen LogP contribution is 2.29. The fraction of sp³-hybridized carbons (Fsp3) is 0.444. The van der Waals surface area contributed by atoms with Crippen LogP contribution in [0.4, 0.5) is 5.69 Å². The van der Waals surface area contributed by atoms with Crippen LogP contribution in [0.3, 0.4) is 0 Å². The number of methoxy groups -OCH3 is 1. The van der Waals surface area contributed by atoms with Gasteiger partial charge in [-0.1, -0.05) is 13.8 Å². The highest BCUT2D eigenvalue weighted by atomic mass is 127. The predicted octanol–water partition coefficient (Wildman–Crippen LogP) is 2.16. The summed E-state index contributed by atoms with van der Waals surface area (Å²) < 4.78 is 16.0. The van der Waals surface area contributed by atoms with E-state index >= 15 is 0 Å². The highest BCUT2D eigenvalue weighted by molar-refractivity contribution is 14.1. The predicted molar refractivity (Wildman–Crippen MR) is 110 cm³/mol. The summed E-state index contributed by atoms with van der Waals surface area (Å²) in [6.45, 7) is 7.40. The second kappa shape index (κ2) is 10.4. The normalized spacial score (nSPS) is 12.9. The van der Waals surface area contributed by atoms with Gasteiger partial charge >= 0.3 is 0 Å². The molecule has 1 aliphatic rings. The van der Waals surface area contributed by atoms with Crippen molar-refractivity contribution in [1.29, 1.82) is 0 Å². The quantitative estimate of drug-likeness (QED) is 0.517. The summed E-state index contributed by atoms with van der Waals surface area (Å²) in [6, 6.07) is 3.30. The largest absolute Gasteiger partial charge is 0.496 e. The number of rotatable bonds is 9. The number of halogens is 1. The monoisotopic (exact) mass is 489 g/mol. The molecule has 0 bridgehead atoms. The number of hydrogen-bond donors (Lipinski definition) is 2. The number of nitrogens with zero attached hydrogens (tertiary/aromatic N) is 1. The maximum atomic E-state index is 12.5. The van der Waals surface area contributed by atoms with E-state index in [4.69, 9.17) is 14.2 Å². The van der Waals surface area contributed by atoms with Gasteiger partial charge in [-0.2, -0.15) is 0 Å². The van der Waals surface area contributed by atoms with Crippen molar-refractivity contribution in [3.05, 3.63) is 33.3 Å². The van der Waals surface area contributed by atoms with E-state index in [0.29, 0.717) is 27.1 Å². The minimum Gasteiger partial charge on any atom is -0.496 e. The third-order valence-corrected chi connectivity index (χ3v) is 4.98. The molecule has 0 radical (unpaired) electrons. The Morgan fingerprint density at radius 1 is 1.26 bits per heavy atom. The summed E-state index contributed by atoms with van der Waals surface area (Å²) in [5.41, 5.74) is 0.938. The molecular weight excluding hydrogens is 465 g/mol. The maximum absolute atomic E-state index is 12.5. The molecule has 0 fully saturated rings. The minimum atomic E-state index is -0.427. The Kier molecular flexibility index (Phi) is 8.17. The fourth-order valence-electron chi connectivity index (χ4n) is 2.50. The molecule has 1 aromatic carbocycles. The number of ether oxygens (including phenoxy) is 3. The van der Waals surface area contributed by atoms with E-state index in [9.17, 15) is 9.59 Å². The average molecular weight is 489 g/mol. The Balaban J connectivity index is 2.08. The molecule has 0 aromatic heterocycles. The average Bonchev–Trinajstić information content (AvgIpc) is 3.21. The molecule has 0 saturated heterocycles. The first-order chi connectivity index (χ1) is 13.0. The Bertz CT molecular complexity index is 719. The van der Waals surface area contributed by atoms with Gasteiger partial charge < -0.3 is 29.7 Å². The Hall–Kier alpha value is -2.01. The van der Waals surface area contributed by atoms with Crippen LogP contribution < -0.4 is 15.4 Å². The smallest absolute Gasteiger partial charge is 0.294 e. The van der Waals surface area contributed by atoms with E-state index in [1.807, 2.05) is 0 Å². The molecule has 2 N–H and O–H groups in total. The number of likely N-dealkylation sites (N-methyl/N-ethyl adjacent to an activating group) is 1. The highest BCUT2D eigenvalue weighted by Gasteiger charge is 2.20. The van der Waals surface area contributed by atoms with Crippen LogP contribution in [0.25, 0.3) is 0 Å². The van der Waals surface area contributed by atoms with E-state index in [0.717, 1.165) is 19.6 Å². The van der Waals surface area contributed by atoms with Gasteiger partial charge in [0.2, 0.25) is 12.6 Å². The zero-order chi connectivity index (χ0) is 19.8. The summed E-state index contributed by atoms with van der Waals surface area (Å²) in [4.78, 5) is 26.9. The van der Waals surface area contributed by atoms with Gasteiger partial charge in [0, 0.05) is 22.7 Å². The van der Waals surface area contributed by atoms with E-state index in [-0.39, 0.29) is 18.5 Å². The number of anilines is 1. The van der Waals surface area contributed by atoms with Gasteiger partial charge in [-0.05, 0) is 41.7 Å². The lowest BCUT2D eigenvalue weighted by Crippen LogP contribution is -2.35. The molecule has 0 spiro atoms. The van der Waals surface area contributed by atoms with E-state index < -0.39 is 5.91 Å².